The molecule has 0 amide bonds. The molecule has 2 nitrogen and oxygen atoms in total. The third-order valence-corrected chi connectivity index (χ3v) is 3.24. The third-order valence-electron chi connectivity index (χ3n) is 3.24. The van der Waals surface area contributed by atoms with Crippen molar-refractivity contribution in [2.75, 3.05) is 0 Å². The minimum Gasteiger partial charge on any atom is -0.481 e. The molecule has 0 atom stereocenters. The van der Waals surface area contributed by atoms with Crippen molar-refractivity contribution in [3.8, 4) is 0 Å². The summed E-state index contributed by atoms with van der Waals surface area (Å²) in [5.74, 6) is -0.655. The Bertz CT molecular complexity index is 172. The standard InChI is InChI=1S/C15H30O2.Pb/c1-2-3-4-5-6-7-8-9-10-11-12-13-14-15(16)17;/h2-14H2,1H3,(H,16,17);. The first-order valence-corrected chi connectivity index (χ1v) is 7.49. The number of rotatable bonds is 13. The summed E-state index contributed by atoms with van der Waals surface area (Å²) >= 11 is 0. The van der Waals surface area contributed by atoms with Crippen LogP contribution in [-0.2, 0) is 4.79 Å². The summed E-state index contributed by atoms with van der Waals surface area (Å²) < 4.78 is 0. The molecule has 0 fully saturated rings. The van der Waals surface area contributed by atoms with Crippen molar-refractivity contribution in [2.24, 2.45) is 0 Å². The molecule has 0 rings (SSSR count). The predicted octanol–water partition coefficient (Wildman–Crippen LogP) is 4.78. The van der Waals surface area contributed by atoms with Crippen LogP contribution in [0.5, 0.6) is 0 Å². The van der Waals surface area contributed by atoms with Crippen LogP contribution in [-0.4, -0.2) is 38.4 Å². The summed E-state index contributed by atoms with van der Waals surface area (Å²) in [6.45, 7) is 2.25. The van der Waals surface area contributed by atoms with Gasteiger partial charge in [0, 0.05) is 33.7 Å². The monoisotopic (exact) mass is 450 g/mol. The Labute approximate surface area is 133 Å². The van der Waals surface area contributed by atoms with Gasteiger partial charge in [-0.2, -0.15) is 0 Å². The van der Waals surface area contributed by atoms with Crippen LogP contribution in [0.3, 0.4) is 0 Å². The first-order chi connectivity index (χ1) is 8.27. The molecule has 0 aliphatic heterocycles. The van der Waals surface area contributed by atoms with Crippen molar-refractivity contribution in [1.82, 2.24) is 0 Å². The van der Waals surface area contributed by atoms with E-state index in [-0.39, 0.29) is 27.3 Å². The van der Waals surface area contributed by atoms with Crippen LogP contribution in [0, 0.1) is 0 Å². The van der Waals surface area contributed by atoms with Gasteiger partial charge in [0.15, 0.2) is 0 Å². The van der Waals surface area contributed by atoms with Gasteiger partial charge in [-0.05, 0) is 6.42 Å². The summed E-state index contributed by atoms with van der Waals surface area (Å²) in [5, 5.41) is 8.47. The number of carboxylic acid groups (broad SMARTS) is 1. The second kappa shape index (κ2) is 17.4. The quantitative estimate of drug-likeness (QED) is 0.325. The molecule has 0 spiro atoms. The first kappa shape index (κ1) is 20.7. The summed E-state index contributed by atoms with van der Waals surface area (Å²) in [5.41, 5.74) is 0. The van der Waals surface area contributed by atoms with Crippen LogP contribution < -0.4 is 0 Å². The van der Waals surface area contributed by atoms with E-state index in [4.69, 9.17) is 5.11 Å². The first-order valence-electron chi connectivity index (χ1n) is 7.49. The number of hydrogen-bond donors (Lipinski definition) is 1. The maximum Gasteiger partial charge on any atom is 0.303 e. The second-order valence-corrected chi connectivity index (χ2v) is 5.03. The van der Waals surface area contributed by atoms with Crippen LogP contribution in [0.15, 0.2) is 0 Å². The fourth-order valence-electron chi connectivity index (χ4n) is 2.12. The fourth-order valence-corrected chi connectivity index (χ4v) is 2.12. The van der Waals surface area contributed by atoms with E-state index in [9.17, 15) is 4.79 Å². The Balaban J connectivity index is 0. The number of hydrogen-bond acceptors (Lipinski definition) is 1. The SMILES string of the molecule is CCCCCCCCCCCCCCC(=O)O.[Pb]. The molecule has 3 heteroatoms. The van der Waals surface area contributed by atoms with Gasteiger partial charge < -0.3 is 5.11 Å². The molecule has 0 aliphatic rings. The average Bonchev–Trinajstić information content (AvgIpc) is 2.30. The van der Waals surface area contributed by atoms with E-state index >= 15 is 0 Å². The Kier molecular flexibility index (Phi) is 20.0. The van der Waals surface area contributed by atoms with Gasteiger partial charge in [0.1, 0.15) is 0 Å². The molecule has 0 saturated carbocycles. The fraction of sp³-hybridized carbons (Fsp3) is 0.933. The van der Waals surface area contributed by atoms with Gasteiger partial charge in [-0.15, -0.1) is 0 Å². The molecule has 0 bridgehead atoms. The number of unbranched alkanes of at least 4 members (excludes halogenated alkanes) is 11. The van der Waals surface area contributed by atoms with Crippen LogP contribution in [0.4, 0.5) is 0 Å². The molecule has 0 aromatic carbocycles. The van der Waals surface area contributed by atoms with Gasteiger partial charge in [-0.1, -0.05) is 77.6 Å². The van der Waals surface area contributed by atoms with Gasteiger partial charge in [0.05, 0.1) is 0 Å². The van der Waals surface area contributed by atoms with Crippen LogP contribution >= 0.6 is 0 Å². The van der Waals surface area contributed by atoms with E-state index in [0.29, 0.717) is 6.42 Å². The van der Waals surface area contributed by atoms with Crippen molar-refractivity contribution in [1.29, 1.82) is 0 Å². The third kappa shape index (κ3) is 18.7. The summed E-state index contributed by atoms with van der Waals surface area (Å²) in [6.07, 6.45) is 15.8. The zero-order valence-electron chi connectivity index (χ0n) is 12.0. The summed E-state index contributed by atoms with van der Waals surface area (Å²) in [7, 11) is 0. The van der Waals surface area contributed by atoms with Crippen molar-refractivity contribution in [3.63, 3.8) is 0 Å². The van der Waals surface area contributed by atoms with Gasteiger partial charge in [0.2, 0.25) is 0 Å². The molecular weight excluding hydrogens is 419 g/mol. The molecule has 0 aromatic heterocycles. The van der Waals surface area contributed by atoms with Crippen molar-refractivity contribution in [2.45, 2.75) is 90.4 Å². The number of carboxylic acids is 1. The van der Waals surface area contributed by atoms with Crippen LogP contribution in [0.25, 0.3) is 0 Å². The van der Waals surface area contributed by atoms with E-state index < -0.39 is 5.97 Å². The largest absolute Gasteiger partial charge is 0.481 e. The van der Waals surface area contributed by atoms with E-state index in [2.05, 4.69) is 6.92 Å². The maximum absolute atomic E-state index is 10.3. The predicted molar refractivity (Wildman–Crippen MR) is 79.1 cm³/mol. The van der Waals surface area contributed by atoms with Gasteiger partial charge in [-0.25, -0.2) is 0 Å². The smallest absolute Gasteiger partial charge is 0.303 e. The molecule has 106 valence electrons. The van der Waals surface area contributed by atoms with E-state index in [1.807, 2.05) is 0 Å². The Morgan fingerprint density at radius 3 is 1.39 bits per heavy atom. The molecule has 4 radical (unpaired) electrons. The molecule has 1 N–H and O–H groups in total. The number of carbonyl (C=O) groups is 1. The van der Waals surface area contributed by atoms with Crippen LogP contribution in [0.2, 0.25) is 0 Å². The van der Waals surface area contributed by atoms with Crippen LogP contribution in [0.1, 0.15) is 90.4 Å². The molecule has 0 heterocycles. The van der Waals surface area contributed by atoms with E-state index in [0.717, 1.165) is 12.8 Å². The van der Waals surface area contributed by atoms with Gasteiger partial charge in [-0.3, -0.25) is 4.79 Å². The molecule has 0 aromatic rings. The second-order valence-electron chi connectivity index (χ2n) is 5.03. The minimum absolute atomic E-state index is 0. The van der Waals surface area contributed by atoms with Crippen molar-refractivity contribution >= 4 is 33.3 Å². The molecule has 0 saturated heterocycles. The zero-order valence-corrected chi connectivity index (χ0v) is 15.9. The molecular formula is C15H30O2Pb. The Morgan fingerprint density at radius 1 is 0.722 bits per heavy atom. The molecule has 0 aliphatic carbocycles. The summed E-state index contributed by atoms with van der Waals surface area (Å²) in [4.78, 5) is 10.3. The Hall–Kier alpha value is 0.392. The Morgan fingerprint density at radius 2 is 1.06 bits per heavy atom. The average molecular weight is 450 g/mol. The topological polar surface area (TPSA) is 37.3 Å². The maximum atomic E-state index is 10.3. The van der Waals surface area contributed by atoms with Crippen molar-refractivity contribution in [3.05, 3.63) is 0 Å². The summed E-state index contributed by atoms with van der Waals surface area (Å²) in [6, 6.07) is 0. The van der Waals surface area contributed by atoms with Gasteiger partial charge in [0.25, 0.3) is 0 Å². The van der Waals surface area contributed by atoms with Crippen molar-refractivity contribution < 1.29 is 9.90 Å². The van der Waals surface area contributed by atoms with Gasteiger partial charge >= 0.3 is 5.97 Å². The zero-order chi connectivity index (χ0) is 12.8. The normalized spacial score (nSPS) is 10.1. The van der Waals surface area contributed by atoms with E-state index in [1.165, 1.54) is 64.2 Å². The molecule has 0 unspecified atom stereocenters. The molecule has 18 heavy (non-hydrogen) atoms. The number of aliphatic carboxylic acids is 1. The minimum atomic E-state index is -0.655. The van der Waals surface area contributed by atoms with E-state index in [1.54, 1.807) is 0 Å².